The number of benzene rings is 1. The zero-order valence-corrected chi connectivity index (χ0v) is 9.69. The molecule has 1 aromatic carbocycles. The summed E-state index contributed by atoms with van der Waals surface area (Å²) in [5, 5.41) is 0. The number of hydrogen-bond donors (Lipinski definition) is 0. The summed E-state index contributed by atoms with van der Waals surface area (Å²) in [5.41, 5.74) is 1.32. The number of carbonyl (C=O) groups is 1. The maximum absolute atomic E-state index is 11.2. The van der Waals surface area contributed by atoms with E-state index in [1.807, 2.05) is 18.2 Å². The maximum Gasteiger partial charge on any atom is 0.306 e. The monoisotopic (exact) mass is 218 g/mol. The molecule has 2 rings (SSSR count). The molecule has 0 amide bonds. The molecular weight excluding hydrogens is 200 g/mol. The van der Waals surface area contributed by atoms with Gasteiger partial charge in [0.1, 0.15) is 6.10 Å². The van der Waals surface area contributed by atoms with E-state index in [-0.39, 0.29) is 12.1 Å². The second-order valence-corrected chi connectivity index (χ2v) is 4.57. The normalized spacial score (nSPS) is 25.2. The van der Waals surface area contributed by atoms with Crippen molar-refractivity contribution in [3.8, 4) is 0 Å². The average Bonchev–Trinajstić information content (AvgIpc) is 2.32. The van der Waals surface area contributed by atoms with Crippen LogP contribution in [-0.4, -0.2) is 12.1 Å². The van der Waals surface area contributed by atoms with Gasteiger partial charge in [0.05, 0.1) is 0 Å². The Balaban J connectivity index is 1.87. The lowest BCUT2D eigenvalue weighted by molar-refractivity contribution is -0.158. The summed E-state index contributed by atoms with van der Waals surface area (Å²) in [6.07, 6.45) is 3.60. The lowest BCUT2D eigenvalue weighted by Gasteiger charge is -2.28. The molecule has 2 nitrogen and oxygen atoms in total. The van der Waals surface area contributed by atoms with E-state index >= 15 is 0 Å². The van der Waals surface area contributed by atoms with Crippen LogP contribution in [0.3, 0.4) is 0 Å². The molecule has 0 bridgehead atoms. The van der Waals surface area contributed by atoms with Crippen molar-refractivity contribution in [1.29, 1.82) is 0 Å². The third-order valence-electron chi connectivity index (χ3n) is 3.28. The molecule has 0 aromatic heterocycles. The number of carbonyl (C=O) groups excluding carboxylic acids is 1. The first-order valence-corrected chi connectivity index (χ1v) is 5.99. The van der Waals surface area contributed by atoms with Crippen molar-refractivity contribution >= 4 is 5.97 Å². The van der Waals surface area contributed by atoms with Gasteiger partial charge in [0, 0.05) is 6.42 Å². The fraction of sp³-hybridized carbons (Fsp3) is 0.500. The molecule has 16 heavy (non-hydrogen) atoms. The van der Waals surface area contributed by atoms with Crippen LogP contribution in [0.5, 0.6) is 0 Å². The predicted molar refractivity (Wildman–Crippen MR) is 63.0 cm³/mol. The van der Waals surface area contributed by atoms with Gasteiger partial charge in [-0.15, -0.1) is 0 Å². The largest absolute Gasteiger partial charge is 0.462 e. The molecule has 1 fully saturated rings. The van der Waals surface area contributed by atoms with Crippen LogP contribution in [0, 0.1) is 5.92 Å². The third kappa shape index (κ3) is 2.84. The molecule has 0 unspecified atom stereocenters. The van der Waals surface area contributed by atoms with E-state index in [0.717, 1.165) is 19.3 Å². The van der Waals surface area contributed by atoms with E-state index in [2.05, 4.69) is 19.1 Å². The van der Waals surface area contributed by atoms with Crippen molar-refractivity contribution in [2.75, 3.05) is 0 Å². The smallest absolute Gasteiger partial charge is 0.306 e. The Morgan fingerprint density at radius 1 is 1.31 bits per heavy atom. The van der Waals surface area contributed by atoms with Gasteiger partial charge in [-0.3, -0.25) is 4.79 Å². The van der Waals surface area contributed by atoms with Crippen LogP contribution in [0.15, 0.2) is 30.3 Å². The molecule has 0 spiro atoms. The second kappa shape index (κ2) is 5.15. The molecule has 0 aliphatic carbocycles. The summed E-state index contributed by atoms with van der Waals surface area (Å²) in [4.78, 5) is 11.2. The van der Waals surface area contributed by atoms with Gasteiger partial charge in [-0.25, -0.2) is 0 Å². The standard InChI is InChI=1S/C14H18O2/c1-11-7-10-14(15)16-13(11)9-8-12-5-3-2-4-6-12/h2-6,11,13H,7-10H2,1H3/t11-,13+/m1/s1. The number of hydrogen-bond acceptors (Lipinski definition) is 2. The maximum atomic E-state index is 11.2. The first-order valence-electron chi connectivity index (χ1n) is 5.99. The highest BCUT2D eigenvalue weighted by Gasteiger charge is 2.26. The Labute approximate surface area is 96.6 Å². The van der Waals surface area contributed by atoms with E-state index in [9.17, 15) is 4.79 Å². The minimum atomic E-state index is -0.0313. The third-order valence-corrected chi connectivity index (χ3v) is 3.28. The Morgan fingerprint density at radius 2 is 2.06 bits per heavy atom. The number of cyclic esters (lactones) is 1. The fourth-order valence-electron chi connectivity index (χ4n) is 2.17. The Hall–Kier alpha value is -1.31. The van der Waals surface area contributed by atoms with Crippen LogP contribution in [0.1, 0.15) is 31.7 Å². The van der Waals surface area contributed by atoms with Crippen LogP contribution < -0.4 is 0 Å². The molecule has 0 radical (unpaired) electrons. The van der Waals surface area contributed by atoms with Crippen LogP contribution in [-0.2, 0) is 16.0 Å². The van der Waals surface area contributed by atoms with Crippen molar-refractivity contribution in [2.24, 2.45) is 5.92 Å². The molecular formula is C14H18O2. The van der Waals surface area contributed by atoms with Crippen LogP contribution in [0.4, 0.5) is 0 Å². The zero-order chi connectivity index (χ0) is 11.4. The van der Waals surface area contributed by atoms with Gasteiger partial charge in [0.25, 0.3) is 0 Å². The number of ether oxygens (including phenoxy) is 1. The quantitative estimate of drug-likeness (QED) is 0.729. The molecule has 0 N–H and O–H groups in total. The SMILES string of the molecule is C[C@@H]1CCC(=O)O[C@H]1CCc1ccccc1. The molecule has 0 saturated carbocycles. The van der Waals surface area contributed by atoms with Gasteiger partial charge in [-0.1, -0.05) is 37.3 Å². The van der Waals surface area contributed by atoms with E-state index in [0.29, 0.717) is 12.3 Å². The lowest BCUT2D eigenvalue weighted by Crippen LogP contribution is -2.31. The van der Waals surface area contributed by atoms with E-state index in [1.54, 1.807) is 0 Å². The Morgan fingerprint density at radius 3 is 2.81 bits per heavy atom. The van der Waals surface area contributed by atoms with E-state index in [4.69, 9.17) is 4.74 Å². The molecule has 1 aliphatic rings. The van der Waals surface area contributed by atoms with Crippen molar-refractivity contribution < 1.29 is 9.53 Å². The topological polar surface area (TPSA) is 26.3 Å². The molecule has 2 heteroatoms. The number of aryl methyl sites for hydroxylation is 1. The van der Waals surface area contributed by atoms with Gasteiger partial charge in [0.2, 0.25) is 0 Å². The van der Waals surface area contributed by atoms with Crippen LogP contribution in [0.25, 0.3) is 0 Å². The minimum Gasteiger partial charge on any atom is -0.462 e. The predicted octanol–water partition coefficient (Wildman–Crippen LogP) is 2.96. The van der Waals surface area contributed by atoms with Gasteiger partial charge in [-0.2, -0.15) is 0 Å². The molecule has 1 heterocycles. The van der Waals surface area contributed by atoms with Gasteiger partial charge in [0.15, 0.2) is 0 Å². The highest BCUT2D eigenvalue weighted by molar-refractivity contribution is 5.70. The summed E-state index contributed by atoms with van der Waals surface area (Å²) in [6.45, 7) is 2.17. The lowest BCUT2D eigenvalue weighted by atomic mass is 9.92. The van der Waals surface area contributed by atoms with Crippen molar-refractivity contribution in [2.45, 2.75) is 38.7 Å². The summed E-state index contributed by atoms with van der Waals surface area (Å²) < 4.78 is 5.38. The number of rotatable bonds is 3. The van der Waals surface area contributed by atoms with Gasteiger partial charge in [-0.05, 0) is 30.7 Å². The van der Waals surface area contributed by atoms with Crippen molar-refractivity contribution in [3.63, 3.8) is 0 Å². The number of esters is 1. The van der Waals surface area contributed by atoms with Gasteiger partial charge >= 0.3 is 5.97 Å². The molecule has 1 aromatic rings. The van der Waals surface area contributed by atoms with Crippen molar-refractivity contribution in [3.05, 3.63) is 35.9 Å². The van der Waals surface area contributed by atoms with E-state index in [1.165, 1.54) is 5.56 Å². The van der Waals surface area contributed by atoms with Gasteiger partial charge < -0.3 is 4.74 Å². The zero-order valence-electron chi connectivity index (χ0n) is 9.69. The highest BCUT2D eigenvalue weighted by atomic mass is 16.5. The fourth-order valence-corrected chi connectivity index (χ4v) is 2.17. The molecule has 1 saturated heterocycles. The summed E-state index contributed by atoms with van der Waals surface area (Å²) >= 11 is 0. The van der Waals surface area contributed by atoms with Crippen molar-refractivity contribution in [1.82, 2.24) is 0 Å². The average molecular weight is 218 g/mol. The second-order valence-electron chi connectivity index (χ2n) is 4.57. The first-order chi connectivity index (χ1) is 7.75. The molecule has 2 atom stereocenters. The highest BCUT2D eigenvalue weighted by Crippen LogP contribution is 2.24. The summed E-state index contributed by atoms with van der Waals surface area (Å²) in [7, 11) is 0. The molecule has 86 valence electrons. The van der Waals surface area contributed by atoms with E-state index < -0.39 is 0 Å². The minimum absolute atomic E-state index is 0.0313. The first kappa shape index (κ1) is 11.2. The summed E-state index contributed by atoms with van der Waals surface area (Å²) in [6, 6.07) is 10.4. The Kier molecular flexibility index (Phi) is 3.60. The van der Waals surface area contributed by atoms with Crippen LogP contribution in [0.2, 0.25) is 0 Å². The molecule has 1 aliphatic heterocycles. The summed E-state index contributed by atoms with van der Waals surface area (Å²) in [5.74, 6) is 0.470. The van der Waals surface area contributed by atoms with Crippen LogP contribution >= 0.6 is 0 Å². The Bertz CT molecular complexity index is 345.